The molecule has 3 heterocycles. The smallest absolute Gasteiger partial charge is 0.255 e. The minimum atomic E-state index is -0.812. The second kappa shape index (κ2) is 12.3. The van der Waals surface area contributed by atoms with Crippen LogP contribution in [0.2, 0.25) is 10.0 Å². The number of rotatable bonds is 8. The molecule has 46 heavy (non-hydrogen) atoms. The van der Waals surface area contributed by atoms with Gasteiger partial charge in [0.05, 0.1) is 46.7 Å². The summed E-state index contributed by atoms with van der Waals surface area (Å²) in [5, 5.41) is 16.4. The number of amides is 3. The van der Waals surface area contributed by atoms with E-state index in [0.717, 1.165) is 6.07 Å². The molecule has 1 saturated heterocycles. The maximum Gasteiger partial charge on any atom is 0.255 e. The normalized spacial score (nSPS) is 15.8. The van der Waals surface area contributed by atoms with Crippen molar-refractivity contribution in [2.45, 2.75) is 32.0 Å². The van der Waals surface area contributed by atoms with Crippen molar-refractivity contribution in [3.63, 3.8) is 0 Å². The third kappa shape index (κ3) is 5.59. The molecular formula is C32H24Cl2FN5O6. The lowest BCUT2D eigenvalue weighted by Crippen LogP contribution is -2.52. The molecule has 4 aromatic rings. The van der Waals surface area contributed by atoms with E-state index in [-0.39, 0.29) is 60.1 Å². The first-order chi connectivity index (χ1) is 22.1. The fourth-order valence-corrected chi connectivity index (χ4v) is 6.02. The number of aromatic nitrogens is 1. The molecule has 0 bridgehead atoms. The molecule has 3 aromatic carbocycles. The molecule has 0 radical (unpaired) electrons. The number of hydrogen-bond acceptors (Lipinski definition) is 9. The molecule has 2 N–H and O–H groups in total. The van der Waals surface area contributed by atoms with Gasteiger partial charge in [-0.2, -0.15) is 5.26 Å². The molecule has 1 fully saturated rings. The van der Waals surface area contributed by atoms with Gasteiger partial charge in [0.2, 0.25) is 11.8 Å². The quantitative estimate of drug-likeness (QED) is 0.229. The first-order valence-corrected chi connectivity index (χ1v) is 14.7. The average molecular weight is 664 g/mol. The van der Waals surface area contributed by atoms with Crippen LogP contribution < -0.4 is 24.8 Å². The molecular weight excluding hydrogens is 640 g/mol. The van der Waals surface area contributed by atoms with Gasteiger partial charge in [0.15, 0.2) is 11.5 Å². The number of carbonyl (C=O) groups is 3. The summed E-state index contributed by atoms with van der Waals surface area (Å²) in [4.78, 5) is 42.7. The van der Waals surface area contributed by atoms with Crippen molar-refractivity contribution in [2.75, 3.05) is 19.5 Å². The molecule has 1 aromatic heterocycles. The Hall–Kier alpha value is -5.12. The van der Waals surface area contributed by atoms with Crippen LogP contribution in [-0.4, -0.2) is 47.9 Å². The van der Waals surface area contributed by atoms with Crippen molar-refractivity contribution in [2.24, 2.45) is 0 Å². The standard InChI is InChI=1S/C32H24Cl2FN5O6/c1-44-26-10-24(20(33)8-21(26)34)38-30-17(11-36)12-37-23-9-28(27(45-2)7-19(23)30)46-14-16-5-15-13-40(32(43)18(15)6-22(16)35)25-3-4-29(41)39-31(25)42/h5-10,12,25H,3-4,13-14H2,1-2H3,(H,37,38)(H,39,41,42). The van der Waals surface area contributed by atoms with Crippen molar-refractivity contribution in [3.8, 4) is 23.3 Å². The minimum absolute atomic E-state index is 0.0947. The van der Waals surface area contributed by atoms with Crippen LogP contribution in [-0.2, 0) is 22.7 Å². The fourth-order valence-electron chi connectivity index (χ4n) is 5.51. The molecule has 2 aliphatic rings. The van der Waals surface area contributed by atoms with Crippen LogP contribution in [0.3, 0.4) is 0 Å². The lowest BCUT2D eigenvalue weighted by Gasteiger charge is -2.29. The van der Waals surface area contributed by atoms with E-state index < -0.39 is 23.7 Å². The largest absolute Gasteiger partial charge is 0.495 e. The van der Waals surface area contributed by atoms with Crippen LogP contribution in [0.25, 0.3) is 10.9 Å². The fraction of sp³-hybridized carbons (Fsp3) is 0.219. The van der Waals surface area contributed by atoms with Gasteiger partial charge in [0.25, 0.3) is 5.91 Å². The third-order valence-electron chi connectivity index (χ3n) is 7.85. The number of fused-ring (bicyclic) bond motifs is 2. The number of nitriles is 1. The van der Waals surface area contributed by atoms with Crippen LogP contribution in [0.5, 0.6) is 17.2 Å². The Kier molecular flexibility index (Phi) is 8.29. The predicted octanol–water partition coefficient (Wildman–Crippen LogP) is 5.65. The molecule has 14 heteroatoms. The number of hydrogen-bond donors (Lipinski definition) is 2. The molecule has 3 amide bonds. The summed E-state index contributed by atoms with van der Waals surface area (Å²) in [7, 11) is 2.91. The number of methoxy groups -OCH3 is 2. The number of halogens is 3. The number of pyridine rings is 1. The Balaban J connectivity index is 1.28. The second-order valence-corrected chi connectivity index (χ2v) is 11.4. The molecule has 0 spiro atoms. The van der Waals surface area contributed by atoms with Crippen molar-refractivity contribution in [1.82, 2.24) is 15.2 Å². The number of carbonyl (C=O) groups excluding carboxylic acids is 3. The Morgan fingerprint density at radius 1 is 1.07 bits per heavy atom. The summed E-state index contributed by atoms with van der Waals surface area (Å²) < 4.78 is 32.1. The van der Waals surface area contributed by atoms with Gasteiger partial charge in [-0.05, 0) is 36.2 Å². The number of ether oxygens (including phenoxy) is 3. The maximum absolute atomic E-state index is 15.2. The van der Waals surface area contributed by atoms with Gasteiger partial charge >= 0.3 is 0 Å². The second-order valence-electron chi connectivity index (χ2n) is 10.6. The first-order valence-electron chi connectivity index (χ1n) is 13.9. The van der Waals surface area contributed by atoms with E-state index in [0.29, 0.717) is 43.6 Å². The molecule has 234 valence electrons. The molecule has 11 nitrogen and oxygen atoms in total. The van der Waals surface area contributed by atoms with E-state index in [1.54, 1.807) is 18.2 Å². The first kappa shape index (κ1) is 30.9. The lowest BCUT2D eigenvalue weighted by atomic mass is 10.0. The number of nitrogens with one attached hydrogen (secondary N) is 2. The highest BCUT2D eigenvalue weighted by Crippen LogP contribution is 2.41. The SMILES string of the molecule is COc1cc(Nc2c(C#N)cnc3cc(OCc4cc5c(cc4F)C(=O)N(C4CCC(=O)NC4=O)C5)c(OC)cc23)c(Cl)cc1Cl. The highest BCUT2D eigenvalue weighted by atomic mass is 35.5. The maximum atomic E-state index is 15.2. The van der Waals surface area contributed by atoms with Gasteiger partial charge < -0.3 is 24.4 Å². The summed E-state index contributed by atoms with van der Waals surface area (Å²) in [6, 6.07) is 10.3. The van der Waals surface area contributed by atoms with Gasteiger partial charge in [0.1, 0.15) is 30.3 Å². The van der Waals surface area contributed by atoms with Crippen LogP contribution in [0.15, 0.2) is 42.6 Å². The van der Waals surface area contributed by atoms with Gasteiger partial charge in [-0.3, -0.25) is 24.7 Å². The van der Waals surface area contributed by atoms with Crippen LogP contribution in [0, 0.1) is 17.1 Å². The van der Waals surface area contributed by atoms with Crippen molar-refractivity contribution >= 4 is 63.2 Å². The molecule has 1 unspecified atom stereocenters. The van der Waals surface area contributed by atoms with E-state index in [4.69, 9.17) is 37.4 Å². The Labute approximate surface area is 271 Å². The molecule has 0 aliphatic carbocycles. The van der Waals surface area contributed by atoms with E-state index in [1.165, 1.54) is 37.4 Å². The number of benzene rings is 3. The number of nitrogens with zero attached hydrogens (tertiary/aromatic N) is 3. The van der Waals surface area contributed by atoms with E-state index in [9.17, 15) is 19.6 Å². The monoisotopic (exact) mass is 663 g/mol. The van der Waals surface area contributed by atoms with Crippen LogP contribution >= 0.6 is 23.2 Å². The number of piperidine rings is 1. The van der Waals surface area contributed by atoms with Crippen LogP contribution in [0.1, 0.15) is 39.9 Å². The molecule has 1 atom stereocenters. The highest BCUT2D eigenvalue weighted by molar-refractivity contribution is 6.37. The van der Waals surface area contributed by atoms with Gasteiger partial charge in [0, 0.05) is 47.8 Å². The summed E-state index contributed by atoms with van der Waals surface area (Å²) >= 11 is 12.6. The summed E-state index contributed by atoms with van der Waals surface area (Å²) in [6.45, 7) is -0.118. The number of anilines is 2. The summed E-state index contributed by atoms with van der Waals surface area (Å²) in [6.07, 6.45) is 1.71. The summed E-state index contributed by atoms with van der Waals surface area (Å²) in [5.41, 5.74) is 2.39. The van der Waals surface area contributed by atoms with Gasteiger partial charge in [-0.25, -0.2) is 4.39 Å². The van der Waals surface area contributed by atoms with Crippen molar-refractivity contribution in [3.05, 3.63) is 80.7 Å². The topological polar surface area (TPSA) is 143 Å². The highest BCUT2D eigenvalue weighted by Gasteiger charge is 2.39. The van der Waals surface area contributed by atoms with Crippen LogP contribution in [0.4, 0.5) is 15.8 Å². The Morgan fingerprint density at radius 3 is 2.57 bits per heavy atom. The lowest BCUT2D eigenvalue weighted by molar-refractivity contribution is -0.136. The van der Waals surface area contributed by atoms with E-state index >= 15 is 4.39 Å². The van der Waals surface area contributed by atoms with Gasteiger partial charge in [-0.15, -0.1) is 0 Å². The van der Waals surface area contributed by atoms with Crippen molar-refractivity contribution in [1.29, 1.82) is 5.26 Å². The average Bonchev–Trinajstić information content (AvgIpc) is 3.34. The molecule has 6 rings (SSSR count). The van der Waals surface area contributed by atoms with E-state index in [1.807, 2.05) is 0 Å². The zero-order chi connectivity index (χ0) is 32.7. The molecule has 2 aliphatic heterocycles. The summed E-state index contributed by atoms with van der Waals surface area (Å²) in [5.74, 6) is -1.15. The number of imide groups is 1. The third-order valence-corrected chi connectivity index (χ3v) is 8.46. The Morgan fingerprint density at radius 2 is 1.85 bits per heavy atom. The minimum Gasteiger partial charge on any atom is -0.495 e. The zero-order valence-corrected chi connectivity index (χ0v) is 25.9. The molecule has 0 saturated carbocycles. The van der Waals surface area contributed by atoms with Gasteiger partial charge in [-0.1, -0.05) is 23.2 Å². The van der Waals surface area contributed by atoms with E-state index in [2.05, 4.69) is 21.7 Å². The predicted molar refractivity (Wildman–Crippen MR) is 166 cm³/mol. The van der Waals surface area contributed by atoms with Crippen molar-refractivity contribution < 1.29 is 33.0 Å². The zero-order valence-electron chi connectivity index (χ0n) is 24.4. The Bertz CT molecular complexity index is 2000.